The number of fused-ring (bicyclic) bond motifs is 7. The number of aromatic nitrogens is 4. The number of amides is 8. The zero-order valence-electron chi connectivity index (χ0n) is 46.8. The van der Waals surface area contributed by atoms with Crippen LogP contribution in [0.15, 0.2) is 60.9 Å². The maximum atomic E-state index is 15.1. The molecule has 80 heavy (non-hydrogen) atoms. The van der Waals surface area contributed by atoms with Gasteiger partial charge in [0.15, 0.2) is 0 Å². The van der Waals surface area contributed by atoms with Gasteiger partial charge in [-0.2, -0.15) is 0 Å². The molecule has 2 aromatic carbocycles. The number of para-hydroxylation sites is 4. The lowest BCUT2D eigenvalue weighted by Crippen LogP contribution is -2.61. The van der Waals surface area contributed by atoms with E-state index in [9.17, 15) is 38.4 Å². The van der Waals surface area contributed by atoms with E-state index in [2.05, 4.69) is 41.2 Å². The number of benzene rings is 2. The number of likely N-dealkylation sites (N-methyl/N-ethyl adjacent to an activating group) is 4. The Morgan fingerprint density at radius 1 is 0.537 bits per heavy atom. The van der Waals surface area contributed by atoms with Crippen molar-refractivity contribution < 1.29 is 57.4 Å². The van der Waals surface area contributed by atoms with Gasteiger partial charge in [0.25, 0.3) is 11.8 Å². The van der Waals surface area contributed by atoms with Crippen LogP contribution in [0.4, 0.5) is 0 Å². The molecule has 24 nitrogen and oxygen atoms in total. The van der Waals surface area contributed by atoms with E-state index >= 15 is 9.59 Å². The molecule has 4 aromatic rings. The zero-order chi connectivity index (χ0) is 58.9. The standard InChI is InChI=1S/C54H70N12O12S2/c1-27(2)29(5)43-53(75)77-23-39(61-45(67)37-21-55-33-17-13-15-19-35(33)59-37)47(69)57-32(8)50(72)64(10)42-26-80-79-25-41(51(73)65(43)11)63(9)49(71)31(7)58-48(70)40(24-78-54(76)44(30(6)28(3)4)66(12)52(42)74)62-46(68)38-22-56-34-18-14-16-20-36(34)60-38/h13-22,27-32,39-44H,23-26H2,1-12H3,(H,57,69)(H,58,70)(H,61,67)(H,62,68)/t29?,30?,31-,32-,39+,40+,41-,42-,43-,44-/m0/s1. The Kier molecular flexibility index (Phi) is 20.9. The van der Waals surface area contributed by atoms with Crippen molar-refractivity contribution >= 4 is 103 Å². The van der Waals surface area contributed by atoms with Gasteiger partial charge in [-0.1, -0.05) is 87.4 Å². The van der Waals surface area contributed by atoms with Crippen LogP contribution in [0.1, 0.15) is 76.4 Å². The van der Waals surface area contributed by atoms with Crippen molar-refractivity contribution in [3.05, 3.63) is 72.3 Å². The van der Waals surface area contributed by atoms with Gasteiger partial charge in [-0.3, -0.25) is 48.3 Å². The fourth-order valence-corrected chi connectivity index (χ4v) is 11.5. The number of ether oxygens (including phenoxy) is 2. The molecule has 0 spiro atoms. The largest absolute Gasteiger partial charge is 0.461 e. The summed E-state index contributed by atoms with van der Waals surface area (Å²) in [5.41, 5.74) is 1.39. The SMILES string of the molecule is CC(C)C(C)[C@H]1C(=O)OC[C@@H](NC(=O)c2cnc3ccccc3n2)C(=O)N[C@@H](C)C(=O)N(C)[C@H]2CSSC[C@@H](C(=O)N1C)N(C)C(=O)[C@H](C)NC(=O)[C@H](NC(=O)c1cnc3ccccc3n1)COC(=O)[C@H](C(C)C(C)C)N(C)C2=O. The molecule has 26 heteroatoms. The van der Waals surface area contributed by atoms with Crippen molar-refractivity contribution in [3.63, 3.8) is 0 Å². The first-order valence-electron chi connectivity index (χ1n) is 26.1. The molecule has 2 saturated heterocycles. The van der Waals surface area contributed by atoms with E-state index in [4.69, 9.17) is 9.47 Å². The van der Waals surface area contributed by atoms with Gasteiger partial charge in [0.05, 0.1) is 34.5 Å². The van der Waals surface area contributed by atoms with Gasteiger partial charge in [-0.05, 0) is 61.8 Å². The first-order chi connectivity index (χ1) is 37.8. The Bertz CT molecular complexity index is 2810. The van der Waals surface area contributed by atoms with Crippen LogP contribution in [-0.4, -0.2) is 200 Å². The summed E-state index contributed by atoms with van der Waals surface area (Å²) in [5, 5.41) is 10.3. The van der Waals surface area contributed by atoms with Gasteiger partial charge in [0.2, 0.25) is 35.4 Å². The van der Waals surface area contributed by atoms with Crippen molar-refractivity contribution in [3.8, 4) is 0 Å². The van der Waals surface area contributed by atoms with E-state index in [1.165, 1.54) is 54.4 Å². The van der Waals surface area contributed by atoms with E-state index in [0.29, 0.717) is 22.1 Å². The highest BCUT2D eigenvalue weighted by atomic mass is 33.1. The number of carbonyl (C=O) groups is 10. The van der Waals surface area contributed by atoms with Gasteiger partial charge in [-0.15, -0.1) is 0 Å². The molecule has 4 N–H and O–H groups in total. The van der Waals surface area contributed by atoms with Gasteiger partial charge in [0, 0.05) is 39.7 Å². The predicted molar refractivity (Wildman–Crippen MR) is 298 cm³/mol. The molecule has 2 fully saturated rings. The van der Waals surface area contributed by atoms with Crippen LogP contribution in [0, 0.1) is 23.7 Å². The Morgan fingerprint density at radius 3 is 1.21 bits per heavy atom. The molecule has 430 valence electrons. The summed E-state index contributed by atoms with van der Waals surface area (Å²) in [4.78, 5) is 167. The number of hydrogen-bond acceptors (Lipinski definition) is 18. The van der Waals surface area contributed by atoms with Crippen molar-refractivity contribution in [1.82, 2.24) is 60.8 Å². The molecule has 2 bridgehead atoms. The summed E-state index contributed by atoms with van der Waals surface area (Å²) in [5.74, 6) is -10.7. The summed E-state index contributed by atoms with van der Waals surface area (Å²) < 4.78 is 11.7. The van der Waals surface area contributed by atoms with Crippen LogP contribution in [-0.2, 0) is 47.8 Å². The second kappa shape index (κ2) is 27.1. The smallest absolute Gasteiger partial charge is 0.329 e. The summed E-state index contributed by atoms with van der Waals surface area (Å²) in [7, 11) is 7.59. The van der Waals surface area contributed by atoms with Crippen molar-refractivity contribution in [1.29, 1.82) is 0 Å². The number of rotatable bonds is 8. The summed E-state index contributed by atoms with van der Waals surface area (Å²) in [6, 6.07) is 2.06. The van der Waals surface area contributed by atoms with Crippen molar-refractivity contribution in [2.24, 2.45) is 23.7 Å². The minimum atomic E-state index is -1.66. The second-order valence-corrected chi connectivity index (χ2v) is 23.3. The molecule has 8 amide bonds. The summed E-state index contributed by atoms with van der Waals surface area (Å²) in [6.07, 6.45) is 2.42. The van der Waals surface area contributed by atoms with E-state index in [0.717, 1.165) is 41.2 Å². The van der Waals surface area contributed by atoms with Crippen LogP contribution < -0.4 is 21.3 Å². The highest BCUT2D eigenvalue weighted by Crippen LogP contribution is 2.30. The lowest BCUT2D eigenvalue weighted by molar-refractivity contribution is -0.161. The maximum Gasteiger partial charge on any atom is 0.329 e. The van der Waals surface area contributed by atoms with Crippen LogP contribution >= 0.6 is 21.6 Å². The number of nitrogens with one attached hydrogen (secondary N) is 4. The zero-order valence-corrected chi connectivity index (χ0v) is 48.5. The third-order valence-electron chi connectivity index (χ3n) is 14.7. The Balaban J connectivity index is 1.43. The van der Waals surface area contributed by atoms with E-state index in [1.807, 2.05) is 27.7 Å². The third kappa shape index (κ3) is 14.5. The van der Waals surface area contributed by atoms with Gasteiger partial charge in [0.1, 0.15) is 72.9 Å². The van der Waals surface area contributed by atoms with Gasteiger partial charge >= 0.3 is 11.9 Å². The Morgan fingerprint density at radius 2 is 0.875 bits per heavy atom. The quantitative estimate of drug-likeness (QED) is 0.145. The van der Waals surface area contributed by atoms with Crippen molar-refractivity contribution in [2.45, 2.75) is 104 Å². The Hall–Kier alpha value is -7.48. The Labute approximate surface area is 471 Å². The monoisotopic (exact) mass is 1140 g/mol. The molecule has 2 unspecified atom stereocenters. The normalized spacial score (nSPS) is 24.9. The molecule has 2 aliphatic rings. The molecule has 0 radical (unpaired) electrons. The highest BCUT2D eigenvalue weighted by molar-refractivity contribution is 8.76. The number of carbonyl (C=O) groups excluding carboxylic acids is 10. The third-order valence-corrected chi connectivity index (χ3v) is 17.1. The molecular formula is C54H70N12O12S2. The lowest BCUT2D eigenvalue weighted by Gasteiger charge is -2.39. The topological polar surface area (TPSA) is 302 Å². The predicted octanol–water partition coefficient (Wildman–Crippen LogP) is 1.87. The van der Waals surface area contributed by atoms with Gasteiger partial charge < -0.3 is 50.3 Å². The van der Waals surface area contributed by atoms with Crippen LogP contribution in [0.5, 0.6) is 0 Å². The minimum absolute atomic E-state index is 0.161. The van der Waals surface area contributed by atoms with E-state index in [1.54, 1.807) is 62.4 Å². The molecule has 2 aliphatic heterocycles. The molecule has 4 heterocycles. The molecule has 6 rings (SSSR count). The van der Waals surface area contributed by atoms with E-state index in [-0.39, 0.29) is 34.7 Å². The fraction of sp³-hybridized carbons (Fsp3) is 0.519. The summed E-state index contributed by atoms with van der Waals surface area (Å²) in [6.45, 7) is 11.9. The molecule has 0 saturated carbocycles. The minimum Gasteiger partial charge on any atom is -0.461 e. The highest BCUT2D eigenvalue weighted by Gasteiger charge is 2.44. The number of nitrogens with zero attached hydrogens (tertiary/aromatic N) is 8. The van der Waals surface area contributed by atoms with Gasteiger partial charge in [-0.25, -0.2) is 19.6 Å². The average Bonchev–Trinajstić information content (AvgIpc) is 3.48. The number of esters is 2. The fourth-order valence-electron chi connectivity index (χ4n) is 8.98. The van der Waals surface area contributed by atoms with Crippen LogP contribution in [0.3, 0.4) is 0 Å². The second-order valence-electron chi connectivity index (χ2n) is 20.8. The van der Waals surface area contributed by atoms with Crippen LogP contribution in [0.25, 0.3) is 22.1 Å². The molecule has 0 aliphatic carbocycles. The first-order valence-corrected chi connectivity index (χ1v) is 28.6. The summed E-state index contributed by atoms with van der Waals surface area (Å²) >= 11 is 0. The molecular weight excluding hydrogens is 1070 g/mol. The molecule has 2 aromatic heterocycles. The maximum absolute atomic E-state index is 15.1. The lowest BCUT2D eigenvalue weighted by atomic mass is 9.89. The van der Waals surface area contributed by atoms with Crippen molar-refractivity contribution in [2.75, 3.05) is 52.9 Å². The molecule has 10 atom stereocenters. The first kappa shape index (κ1) is 61.7. The number of cyclic esters (lactones) is 2. The average molecular weight is 1140 g/mol. The van der Waals surface area contributed by atoms with E-state index < -0.39 is 133 Å². The number of hydrogen-bond donors (Lipinski definition) is 4. The van der Waals surface area contributed by atoms with Crippen LogP contribution in [0.2, 0.25) is 0 Å².